The molecule has 0 unspecified atom stereocenters. The van der Waals surface area contributed by atoms with Gasteiger partial charge in [-0.1, -0.05) is 6.92 Å². The third-order valence-electron chi connectivity index (χ3n) is 6.66. The summed E-state index contributed by atoms with van der Waals surface area (Å²) in [5, 5.41) is 0. The third-order valence-corrected chi connectivity index (χ3v) is 42.5. The molecule has 6 heterocycles. The molecule has 0 N–H and O–H groups in total. The molecule has 0 aliphatic carbocycles. The van der Waals surface area contributed by atoms with Gasteiger partial charge in [-0.15, -0.1) is 0 Å². The van der Waals surface area contributed by atoms with Crippen molar-refractivity contribution in [1.82, 2.24) is 0 Å². The van der Waals surface area contributed by atoms with Gasteiger partial charge in [0.1, 0.15) is 0 Å². The van der Waals surface area contributed by atoms with Gasteiger partial charge in [-0.2, -0.15) is 0 Å². The van der Waals surface area contributed by atoms with Crippen LogP contribution in [-0.4, -0.2) is 83.0 Å². The molecule has 6 saturated heterocycles. The molecule has 0 saturated carbocycles. The first-order valence-corrected chi connectivity index (χ1v) is 30.3. The van der Waals surface area contributed by atoms with Crippen LogP contribution in [0.25, 0.3) is 0 Å². The molecule has 6 fully saturated rings. The van der Waals surface area contributed by atoms with Crippen LogP contribution in [0, 0.1) is 5.41 Å². The highest BCUT2D eigenvalue weighted by molar-refractivity contribution is 7.02. The molecule has 8 bridgehead atoms. The summed E-state index contributed by atoms with van der Waals surface area (Å²) >= 11 is 0. The Bertz CT molecular complexity index is 890. The SMILES string of the molecule is CCC(C)(C)C(=O)OCCC[Si]12O[Si]3(C)O[Si]4(C)O[Si]5(C)O[Si](C)(O3)O[Si](C)(O[Si](C)(O5)O[Si](C)(O4)O1)O2. The van der Waals surface area contributed by atoms with Crippen molar-refractivity contribution in [2.24, 2.45) is 5.41 Å². The van der Waals surface area contributed by atoms with Crippen LogP contribution in [0.4, 0.5) is 0 Å². The van der Waals surface area contributed by atoms with Gasteiger partial charge in [0, 0.05) is 51.9 Å². The van der Waals surface area contributed by atoms with E-state index in [4.69, 9.17) is 54.1 Å². The minimum Gasteiger partial charge on any atom is -0.465 e. The van der Waals surface area contributed by atoms with Crippen molar-refractivity contribution >= 4 is 76.4 Å². The molecule has 0 aromatic heterocycles. The third kappa shape index (κ3) is 5.82. The minimum absolute atomic E-state index is 0.151. The van der Waals surface area contributed by atoms with Crippen molar-refractivity contribution in [3.8, 4) is 0 Å². The first-order chi connectivity index (χ1) is 17.2. The molecule has 22 heteroatoms. The van der Waals surface area contributed by atoms with E-state index in [-0.39, 0.29) is 18.6 Å². The second-order valence-corrected chi connectivity index (χ2v) is 35.2. The molecular formula is C16H38O14Si8. The maximum atomic E-state index is 12.5. The van der Waals surface area contributed by atoms with Gasteiger partial charge in [-0.25, -0.2) is 0 Å². The van der Waals surface area contributed by atoms with Crippen molar-refractivity contribution in [3.05, 3.63) is 0 Å². The Labute approximate surface area is 232 Å². The van der Waals surface area contributed by atoms with Gasteiger partial charge >= 0.3 is 76.4 Å². The van der Waals surface area contributed by atoms with E-state index in [9.17, 15) is 4.79 Å². The normalized spacial score (nSPS) is 52.1. The summed E-state index contributed by atoms with van der Waals surface area (Å²) in [6.07, 6.45) is 1.06. The molecule has 14 nitrogen and oxygen atoms in total. The lowest BCUT2D eigenvalue weighted by atomic mass is 9.91. The van der Waals surface area contributed by atoms with E-state index in [1.54, 1.807) is 45.8 Å². The summed E-state index contributed by atoms with van der Waals surface area (Å²) in [5.74, 6) is -0.269. The molecule has 0 atom stereocenters. The maximum absolute atomic E-state index is 12.5. The lowest BCUT2D eigenvalue weighted by Crippen LogP contribution is -2.86. The molecule has 218 valence electrons. The monoisotopic (exact) mass is 678 g/mol. The Kier molecular flexibility index (Phi) is 7.24. The number of hydrogen-bond acceptors (Lipinski definition) is 14. The molecule has 0 radical (unpaired) electrons. The largest absolute Gasteiger partial charge is 0.478 e. The fourth-order valence-corrected chi connectivity index (χ4v) is 51.2. The lowest BCUT2D eigenvalue weighted by Gasteiger charge is -2.60. The Balaban J connectivity index is 1.54. The van der Waals surface area contributed by atoms with Crippen molar-refractivity contribution < 1.29 is 58.9 Å². The number of carbonyl (C=O) groups excluding carboxylic acids is 1. The Morgan fingerprint density at radius 2 is 0.868 bits per heavy atom. The molecule has 0 amide bonds. The van der Waals surface area contributed by atoms with Crippen molar-refractivity contribution in [2.75, 3.05) is 6.61 Å². The van der Waals surface area contributed by atoms with Crippen LogP contribution in [0.5, 0.6) is 0 Å². The molecule has 0 aromatic carbocycles. The summed E-state index contributed by atoms with van der Waals surface area (Å²) in [6.45, 7) is 18.0. The zero-order valence-electron chi connectivity index (χ0n) is 23.5. The number of hydrogen-bond donors (Lipinski definition) is 0. The van der Waals surface area contributed by atoms with Gasteiger partial charge in [0.25, 0.3) is 0 Å². The average molecular weight is 679 g/mol. The predicted molar refractivity (Wildman–Crippen MR) is 145 cm³/mol. The predicted octanol–water partition coefficient (Wildman–Crippen LogP) is 2.54. The second kappa shape index (κ2) is 9.11. The zero-order valence-corrected chi connectivity index (χ0v) is 31.5. The molecule has 6 aliphatic rings. The highest BCUT2D eigenvalue weighted by Crippen LogP contribution is 2.48. The highest BCUT2D eigenvalue weighted by atomic mass is 28.6. The van der Waals surface area contributed by atoms with E-state index in [0.29, 0.717) is 12.8 Å². The summed E-state index contributed by atoms with van der Waals surface area (Å²) < 4.78 is 84.8. The van der Waals surface area contributed by atoms with E-state index in [0.717, 1.165) is 0 Å². The quantitative estimate of drug-likeness (QED) is 0.231. The van der Waals surface area contributed by atoms with Crippen LogP contribution in [0.2, 0.25) is 51.9 Å². The van der Waals surface area contributed by atoms with Gasteiger partial charge in [0.2, 0.25) is 0 Å². The second-order valence-electron chi connectivity index (χ2n) is 11.4. The first kappa shape index (κ1) is 30.2. The van der Waals surface area contributed by atoms with Crippen molar-refractivity contribution in [2.45, 2.75) is 85.5 Å². The molecule has 6 aliphatic heterocycles. The number of ether oxygens (including phenoxy) is 1. The van der Waals surface area contributed by atoms with Crippen LogP contribution in [-0.2, 0) is 58.9 Å². The molecule has 0 aromatic rings. The van der Waals surface area contributed by atoms with E-state index in [1.807, 2.05) is 20.8 Å². The molecule has 6 rings (SSSR count). The lowest BCUT2D eigenvalue weighted by molar-refractivity contribution is -0.154. The highest BCUT2D eigenvalue weighted by Gasteiger charge is 2.78. The molecule has 38 heavy (non-hydrogen) atoms. The fourth-order valence-electron chi connectivity index (χ4n) is 5.32. The van der Waals surface area contributed by atoms with Gasteiger partial charge in [-0.3, -0.25) is 4.79 Å². The van der Waals surface area contributed by atoms with Crippen LogP contribution >= 0.6 is 0 Å². The fraction of sp³-hybridized carbons (Fsp3) is 0.938. The van der Waals surface area contributed by atoms with E-state index < -0.39 is 75.9 Å². The first-order valence-electron chi connectivity index (χ1n) is 12.8. The summed E-state index contributed by atoms with van der Waals surface area (Å²) in [4.78, 5) is 12.5. The summed E-state index contributed by atoms with van der Waals surface area (Å²) in [6, 6.07) is 0.261. The number of carbonyl (C=O) groups is 1. The summed E-state index contributed by atoms with van der Waals surface area (Å²) in [7, 11) is -28.8. The Hall–Kier alpha value is 0.725. The van der Waals surface area contributed by atoms with Gasteiger partial charge in [0.15, 0.2) is 0 Å². The van der Waals surface area contributed by atoms with Crippen LogP contribution in [0.3, 0.4) is 0 Å². The van der Waals surface area contributed by atoms with E-state index in [2.05, 4.69) is 0 Å². The zero-order chi connectivity index (χ0) is 28.1. The van der Waals surface area contributed by atoms with Crippen molar-refractivity contribution in [3.63, 3.8) is 0 Å². The molecule has 0 spiro atoms. The van der Waals surface area contributed by atoms with Crippen LogP contribution in [0.15, 0.2) is 0 Å². The smallest absolute Gasteiger partial charge is 0.465 e. The molecular weight excluding hydrogens is 641 g/mol. The topological polar surface area (TPSA) is 137 Å². The Morgan fingerprint density at radius 1 is 0.579 bits per heavy atom. The van der Waals surface area contributed by atoms with Crippen molar-refractivity contribution in [1.29, 1.82) is 0 Å². The average Bonchev–Trinajstić information content (AvgIpc) is 2.62. The number of rotatable bonds is 6. The van der Waals surface area contributed by atoms with Gasteiger partial charge in [-0.05, 0) is 26.7 Å². The van der Waals surface area contributed by atoms with Gasteiger partial charge in [0.05, 0.1) is 12.0 Å². The standard InChI is InChI=1S/C16H38O14Si8/c1-11-16(2,3)15(17)18-13-12-14-38-28-35(8)22-32(5)19-31(4)20-33(6,24-35)26-37(10,30-38)27-34(7,21-31)25-36(9,23-32)29-38/h11-14H2,1-10H3. The van der Waals surface area contributed by atoms with Crippen LogP contribution < -0.4 is 0 Å². The minimum atomic E-state index is -3.76. The number of esters is 1. The van der Waals surface area contributed by atoms with E-state index >= 15 is 0 Å². The van der Waals surface area contributed by atoms with Gasteiger partial charge < -0.3 is 54.1 Å². The summed E-state index contributed by atoms with van der Waals surface area (Å²) in [5.41, 5.74) is -0.577. The van der Waals surface area contributed by atoms with Crippen LogP contribution in [0.1, 0.15) is 33.6 Å². The Morgan fingerprint density at radius 3 is 1.16 bits per heavy atom. The van der Waals surface area contributed by atoms with E-state index in [1.165, 1.54) is 0 Å². The maximum Gasteiger partial charge on any atom is 0.478 e.